The Bertz CT molecular complexity index is 895. The fourth-order valence-corrected chi connectivity index (χ4v) is 6.29. The fraction of sp³-hybridized carbons (Fsp3) is 0.778. The van der Waals surface area contributed by atoms with Crippen LogP contribution in [0.2, 0.25) is 0 Å². The third-order valence-corrected chi connectivity index (χ3v) is 8.10. The first-order chi connectivity index (χ1) is 15.9. The molecule has 6 nitrogen and oxygen atoms in total. The molecule has 33 heavy (non-hydrogen) atoms. The van der Waals surface area contributed by atoms with E-state index in [0.717, 1.165) is 62.3 Å². The SMILES string of the molecule is CCN1CCC(CC(C)(C)Cc2nn(C)c3nc(N4CCCCCC4)ccc23)C(CCN)C1. The summed E-state index contributed by atoms with van der Waals surface area (Å²) in [6.07, 6.45) is 9.91. The molecule has 2 fully saturated rings. The predicted molar refractivity (Wildman–Crippen MR) is 139 cm³/mol. The summed E-state index contributed by atoms with van der Waals surface area (Å²) in [5.74, 6) is 2.60. The smallest absolute Gasteiger partial charge is 0.160 e. The van der Waals surface area contributed by atoms with E-state index < -0.39 is 0 Å². The Hall–Kier alpha value is -1.66. The topological polar surface area (TPSA) is 63.2 Å². The lowest BCUT2D eigenvalue weighted by Gasteiger charge is -2.41. The van der Waals surface area contributed by atoms with Gasteiger partial charge in [-0.3, -0.25) is 4.68 Å². The summed E-state index contributed by atoms with van der Waals surface area (Å²) in [4.78, 5) is 10.1. The molecule has 184 valence electrons. The summed E-state index contributed by atoms with van der Waals surface area (Å²) in [5, 5.41) is 6.19. The number of anilines is 1. The lowest BCUT2D eigenvalue weighted by molar-refractivity contribution is 0.0862. The highest BCUT2D eigenvalue weighted by atomic mass is 15.3. The molecule has 2 saturated heterocycles. The number of nitrogens with zero attached hydrogens (tertiary/aromatic N) is 5. The number of pyridine rings is 1. The average molecular weight is 455 g/mol. The first-order valence-corrected chi connectivity index (χ1v) is 13.4. The van der Waals surface area contributed by atoms with E-state index in [4.69, 9.17) is 15.8 Å². The van der Waals surface area contributed by atoms with Crippen LogP contribution in [0.5, 0.6) is 0 Å². The highest BCUT2D eigenvalue weighted by Crippen LogP contribution is 2.39. The highest BCUT2D eigenvalue weighted by molar-refractivity contribution is 5.80. The molecule has 2 aliphatic rings. The number of rotatable bonds is 8. The van der Waals surface area contributed by atoms with Crippen LogP contribution in [0.3, 0.4) is 0 Å². The molecule has 0 aliphatic carbocycles. The van der Waals surface area contributed by atoms with Crippen LogP contribution in [0.25, 0.3) is 11.0 Å². The lowest BCUT2D eigenvalue weighted by Crippen LogP contribution is -2.42. The molecule has 0 spiro atoms. The molecular weight excluding hydrogens is 408 g/mol. The van der Waals surface area contributed by atoms with Crippen molar-refractivity contribution in [1.82, 2.24) is 19.7 Å². The molecule has 0 bridgehead atoms. The predicted octanol–water partition coefficient (Wildman–Crippen LogP) is 4.61. The average Bonchev–Trinajstić information content (AvgIpc) is 2.97. The number of likely N-dealkylation sites (tertiary alicyclic amines) is 1. The van der Waals surface area contributed by atoms with Gasteiger partial charge in [-0.2, -0.15) is 5.10 Å². The zero-order valence-corrected chi connectivity index (χ0v) is 21.5. The zero-order valence-electron chi connectivity index (χ0n) is 21.5. The Morgan fingerprint density at radius 3 is 2.52 bits per heavy atom. The van der Waals surface area contributed by atoms with Gasteiger partial charge in [0.2, 0.25) is 0 Å². The van der Waals surface area contributed by atoms with Crippen LogP contribution in [0, 0.1) is 17.3 Å². The number of nitrogens with two attached hydrogens (primary N) is 1. The number of hydrogen-bond acceptors (Lipinski definition) is 5. The van der Waals surface area contributed by atoms with Gasteiger partial charge in [-0.1, -0.05) is 33.6 Å². The van der Waals surface area contributed by atoms with E-state index in [1.54, 1.807) is 0 Å². The summed E-state index contributed by atoms with van der Waals surface area (Å²) in [6.45, 7) is 13.8. The molecule has 2 aliphatic heterocycles. The van der Waals surface area contributed by atoms with E-state index in [1.807, 2.05) is 4.68 Å². The van der Waals surface area contributed by atoms with Crippen molar-refractivity contribution in [2.75, 3.05) is 44.2 Å². The van der Waals surface area contributed by atoms with Crippen LogP contribution < -0.4 is 10.6 Å². The quantitative estimate of drug-likeness (QED) is 0.631. The molecule has 0 saturated carbocycles. The summed E-state index contributed by atoms with van der Waals surface area (Å²) < 4.78 is 2.00. The summed E-state index contributed by atoms with van der Waals surface area (Å²) >= 11 is 0. The van der Waals surface area contributed by atoms with Crippen LogP contribution in [0.15, 0.2) is 12.1 Å². The molecule has 2 aromatic heterocycles. The maximum absolute atomic E-state index is 5.99. The summed E-state index contributed by atoms with van der Waals surface area (Å²) in [6, 6.07) is 4.50. The maximum Gasteiger partial charge on any atom is 0.160 e. The fourth-order valence-electron chi connectivity index (χ4n) is 6.29. The number of hydrogen-bond donors (Lipinski definition) is 1. The molecule has 4 rings (SSSR count). The molecule has 2 unspecified atom stereocenters. The van der Waals surface area contributed by atoms with Crippen molar-refractivity contribution in [1.29, 1.82) is 0 Å². The van der Waals surface area contributed by atoms with Crippen LogP contribution >= 0.6 is 0 Å². The maximum atomic E-state index is 5.99. The van der Waals surface area contributed by atoms with E-state index in [2.05, 4.69) is 49.8 Å². The molecule has 6 heteroatoms. The van der Waals surface area contributed by atoms with Gasteiger partial charge in [0.1, 0.15) is 5.82 Å². The second kappa shape index (κ2) is 10.7. The first-order valence-electron chi connectivity index (χ1n) is 13.4. The Morgan fingerprint density at radius 1 is 1.06 bits per heavy atom. The molecule has 0 aromatic carbocycles. The van der Waals surface area contributed by atoms with Gasteiger partial charge >= 0.3 is 0 Å². The van der Waals surface area contributed by atoms with Gasteiger partial charge < -0.3 is 15.5 Å². The largest absolute Gasteiger partial charge is 0.357 e. The minimum absolute atomic E-state index is 0.205. The Morgan fingerprint density at radius 2 is 1.82 bits per heavy atom. The summed E-state index contributed by atoms with van der Waals surface area (Å²) in [7, 11) is 2.05. The van der Waals surface area contributed by atoms with Gasteiger partial charge in [-0.25, -0.2) is 4.98 Å². The monoisotopic (exact) mass is 454 g/mol. The highest BCUT2D eigenvalue weighted by Gasteiger charge is 2.33. The second-order valence-corrected chi connectivity index (χ2v) is 11.3. The Balaban J connectivity index is 1.49. The van der Waals surface area contributed by atoms with E-state index in [9.17, 15) is 0 Å². The van der Waals surface area contributed by atoms with Crippen molar-refractivity contribution in [3.05, 3.63) is 17.8 Å². The number of aryl methyl sites for hydroxylation is 1. The number of piperidine rings is 1. The first kappa shape index (κ1) is 24.5. The van der Waals surface area contributed by atoms with Gasteiger partial charge in [0.15, 0.2) is 5.65 Å². The van der Waals surface area contributed by atoms with Gasteiger partial charge in [0.25, 0.3) is 0 Å². The van der Waals surface area contributed by atoms with Crippen molar-refractivity contribution in [2.45, 2.75) is 72.1 Å². The molecule has 0 amide bonds. The van der Waals surface area contributed by atoms with Crippen LogP contribution in [0.4, 0.5) is 5.82 Å². The molecular formula is C27H46N6. The third kappa shape index (κ3) is 5.89. The van der Waals surface area contributed by atoms with Crippen molar-refractivity contribution in [3.8, 4) is 0 Å². The van der Waals surface area contributed by atoms with Crippen molar-refractivity contribution >= 4 is 16.9 Å². The van der Waals surface area contributed by atoms with Crippen LogP contribution in [-0.2, 0) is 13.5 Å². The van der Waals surface area contributed by atoms with Gasteiger partial charge in [-0.05, 0) is 87.5 Å². The van der Waals surface area contributed by atoms with Gasteiger partial charge in [0.05, 0.1) is 5.69 Å². The van der Waals surface area contributed by atoms with E-state index in [-0.39, 0.29) is 5.41 Å². The molecule has 2 N–H and O–H groups in total. The Kier molecular flexibility index (Phi) is 7.95. The number of aromatic nitrogens is 3. The van der Waals surface area contributed by atoms with Gasteiger partial charge in [0, 0.05) is 32.1 Å². The second-order valence-electron chi connectivity index (χ2n) is 11.3. The van der Waals surface area contributed by atoms with E-state index >= 15 is 0 Å². The number of fused-ring (bicyclic) bond motifs is 1. The lowest BCUT2D eigenvalue weighted by atomic mass is 9.71. The van der Waals surface area contributed by atoms with E-state index in [1.165, 1.54) is 62.7 Å². The summed E-state index contributed by atoms with van der Waals surface area (Å²) in [5.41, 5.74) is 8.43. The minimum Gasteiger partial charge on any atom is -0.357 e. The zero-order chi connectivity index (χ0) is 23.4. The standard InChI is InChI=1S/C27H46N6/c1-5-32-17-13-21(22(20-32)12-14-28)18-27(2,3)19-24-23-10-11-25(29-26(23)31(4)30-24)33-15-8-6-7-9-16-33/h10-11,21-22H,5-9,12-20,28H2,1-4H3. The van der Waals surface area contributed by atoms with Gasteiger partial charge in [-0.15, -0.1) is 0 Å². The van der Waals surface area contributed by atoms with Crippen molar-refractivity contribution < 1.29 is 0 Å². The Labute approximate surface area is 200 Å². The van der Waals surface area contributed by atoms with Crippen LogP contribution in [-0.4, -0.2) is 58.9 Å². The normalized spacial score (nSPS) is 23.2. The molecule has 2 aromatic rings. The molecule has 2 atom stereocenters. The van der Waals surface area contributed by atoms with E-state index in [0.29, 0.717) is 0 Å². The third-order valence-electron chi connectivity index (χ3n) is 8.10. The van der Waals surface area contributed by atoms with Crippen molar-refractivity contribution in [3.63, 3.8) is 0 Å². The van der Waals surface area contributed by atoms with Crippen molar-refractivity contribution in [2.24, 2.45) is 30.0 Å². The molecule has 4 heterocycles. The van der Waals surface area contributed by atoms with Crippen LogP contribution in [0.1, 0.15) is 71.4 Å². The molecule has 0 radical (unpaired) electrons. The minimum atomic E-state index is 0.205.